The van der Waals surface area contributed by atoms with E-state index in [4.69, 9.17) is 4.74 Å². The molecule has 0 bridgehead atoms. The number of guanidine groups is 1. The molecule has 0 unspecified atom stereocenters. The van der Waals surface area contributed by atoms with E-state index in [1.807, 2.05) is 7.05 Å². The molecule has 0 saturated carbocycles. The maximum absolute atomic E-state index is 5.28. The van der Waals surface area contributed by atoms with E-state index < -0.39 is 0 Å². The molecule has 0 spiro atoms. The second-order valence-electron chi connectivity index (χ2n) is 6.56. The van der Waals surface area contributed by atoms with E-state index in [0.717, 1.165) is 56.0 Å². The largest absolute Gasteiger partial charge is 0.480 e. The van der Waals surface area contributed by atoms with Gasteiger partial charge in [0.25, 0.3) is 0 Å². The summed E-state index contributed by atoms with van der Waals surface area (Å²) in [5, 5.41) is 3.49. The van der Waals surface area contributed by atoms with E-state index >= 15 is 0 Å². The molecule has 2 aromatic rings. The number of aryl methyl sites for hydroxylation is 1. The van der Waals surface area contributed by atoms with Crippen LogP contribution in [0.3, 0.4) is 0 Å². The third kappa shape index (κ3) is 5.34. The molecule has 2 heterocycles. The van der Waals surface area contributed by atoms with Crippen molar-refractivity contribution in [2.45, 2.75) is 12.8 Å². The van der Waals surface area contributed by atoms with E-state index in [1.54, 1.807) is 13.3 Å². The summed E-state index contributed by atoms with van der Waals surface area (Å²) in [4.78, 5) is 17.8. The van der Waals surface area contributed by atoms with Gasteiger partial charge in [0, 0.05) is 39.8 Å². The molecular formula is C20H27BrN6O. The van der Waals surface area contributed by atoms with Gasteiger partial charge in [0.15, 0.2) is 5.96 Å². The molecule has 0 aliphatic carbocycles. The molecule has 1 aromatic heterocycles. The third-order valence-electron chi connectivity index (χ3n) is 4.73. The summed E-state index contributed by atoms with van der Waals surface area (Å²) in [5.41, 5.74) is 1.37. The Hall–Kier alpha value is -2.35. The van der Waals surface area contributed by atoms with Gasteiger partial charge in [-0.25, -0.2) is 4.98 Å². The maximum atomic E-state index is 5.28. The van der Waals surface area contributed by atoms with Crippen LogP contribution in [0, 0.1) is 0 Å². The first-order valence-corrected chi connectivity index (χ1v) is 10.3. The van der Waals surface area contributed by atoms with Crippen LogP contribution in [-0.4, -0.2) is 67.7 Å². The molecule has 3 rings (SSSR count). The summed E-state index contributed by atoms with van der Waals surface area (Å²) in [6, 6.07) is 10.6. The average Bonchev–Trinajstić information content (AvgIpc) is 2.75. The van der Waals surface area contributed by atoms with Gasteiger partial charge in [0.05, 0.1) is 17.8 Å². The van der Waals surface area contributed by atoms with Gasteiger partial charge >= 0.3 is 0 Å². The Morgan fingerprint density at radius 3 is 2.64 bits per heavy atom. The van der Waals surface area contributed by atoms with E-state index in [0.29, 0.717) is 11.8 Å². The lowest BCUT2D eigenvalue weighted by molar-refractivity contribution is 0.366. The molecule has 1 aliphatic heterocycles. The van der Waals surface area contributed by atoms with Gasteiger partial charge in [0.1, 0.15) is 0 Å². The molecule has 1 fully saturated rings. The molecule has 0 radical (unpaired) electrons. The lowest BCUT2D eigenvalue weighted by Gasteiger charge is -2.36. The number of hydrogen-bond acceptors (Lipinski definition) is 5. The molecule has 1 aromatic carbocycles. The highest BCUT2D eigenvalue weighted by atomic mass is 79.9. The third-order valence-corrected chi connectivity index (χ3v) is 5.28. The predicted molar refractivity (Wildman–Crippen MR) is 116 cm³/mol. The van der Waals surface area contributed by atoms with Crippen LogP contribution in [0.15, 0.2) is 46.0 Å². The lowest BCUT2D eigenvalue weighted by Crippen LogP contribution is -2.53. The van der Waals surface area contributed by atoms with Gasteiger partial charge in [0.2, 0.25) is 11.8 Å². The number of ether oxygens (including phenoxy) is 1. The minimum absolute atomic E-state index is 0.559. The van der Waals surface area contributed by atoms with Gasteiger partial charge in [-0.3, -0.25) is 4.99 Å². The molecule has 1 saturated heterocycles. The van der Waals surface area contributed by atoms with Gasteiger partial charge in [-0.2, -0.15) is 4.98 Å². The van der Waals surface area contributed by atoms with Crippen molar-refractivity contribution in [1.82, 2.24) is 20.2 Å². The van der Waals surface area contributed by atoms with E-state index in [-0.39, 0.29) is 0 Å². The highest BCUT2D eigenvalue weighted by Crippen LogP contribution is 2.23. The molecule has 28 heavy (non-hydrogen) atoms. The topological polar surface area (TPSA) is 65.9 Å². The number of benzene rings is 1. The fraction of sp³-hybridized carbons (Fsp3) is 0.450. The Labute approximate surface area is 175 Å². The molecule has 150 valence electrons. The van der Waals surface area contributed by atoms with Crippen molar-refractivity contribution in [2.24, 2.45) is 4.99 Å². The molecule has 8 heteroatoms. The zero-order valence-electron chi connectivity index (χ0n) is 16.4. The van der Waals surface area contributed by atoms with Crippen molar-refractivity contribution < 1.29 is 4.74 Å². The second-order valence-corrected chi connectivity index (χ2v) is 7.42. The molecular weight excluding hydrogens is 420 g/mol. The Morgan fingerprint density at radius 1 is 1.21 bits per heavy atom. The van der Waals surface area contributed by atoms with Crippen LogP contribution in [0.5, 0.6) is 5.88 Å². The Balaban J connectivity index is 1.46. The fourth-order valence-corrected chi connectivity index (χ4v) is 3.58. The van der Waals surface area contributed by atoms with Crippen LogP contribution < -0.4 is 15.0 Å². The summed E-state index contributed by atoms with van der Waals surface area (Å²) in [5.74, 6) is 2.22. The molecule has 0 amide bonds. The number of halogens is 1. The summed E-state index contributed by atoms with van der Waals surface area (Å²) >= 11 is 3.40. The summed E-state index contributed by atoms with van der Waals surface area (Å²) < 4.78 is 6.04. The SMILES string of the molecule is CN=C(NCCCc1ccccc1)N1CCN(c2ncc(Br)c(OC)n2)CC1. The molecule has 1 N–H and O–H groups in total. The minimum Gasteiger partial charge on any atom is -0.480 e. The molecule has 1 aliphatic rings. The van der Waals surface area contributed by atoms with Crippen molar-refractivity contribution in [1.29, 1.82) is 0 Å². The van der Waals surface area contributed by atoms with Crippen LogP contribution in [0.25, 0.3) is 0 Å². The van der Waals surface area contributed by atoms with Crippen molar-refractivity contribution >= 4 is 27.8 Å². The first-order valence-electron chi connectivity index (χ1n) is 9.52. The monoisotopic (exact) mass is 446 g/mol. The van der Waals surface area contributed by atoms with E-state index in [9.17, 15) is 0 Å². The quantitative estimate of drug-likeness (QED) is 0.417. The normalized spacial score (nSPS) is 14.9. The Morgan fingerprint density at radius 2 is 1.96 bits per heavy atom. The number of methoxy groups -OCH3 is 1. The predicted octanol–water partition coefficient (Wildman–Crippen LogP) is 2.58. The first-order chi connectivity index (χ1) is 13.7. The van der Waals surface area contributed by atoms with Crippen LogP contribution in [-0.2, 0) is 6.42 Å². The fourth-order valence-electron chi connectivity index (χ4n) is 3.23. The zero-order valence-corrected chi connectivity index (χ0v) is 18.0. The number of anilines is 1. The highest BCUT2D eigenvalue weighted by Gasteiger charge is 2.22. The van der Waals surface area contributed by atoms with Crippen molar-refractivity contribution in [3.8, 4) is 5.88 Å². The van der Waals surface area contributed by atoms with Crippen LogP contribution in [0.2, 0.25) is 0 Å². The van der Waals surface area contributed by atoms with Crippen LogP contribution in [0.4, 0.5) is 5.95 Å². The average molecular weight is 447 g/mol. The highest BCUT2D eigenvalue weighted by molar-refractivity contribution is 9.10. The summed E-state index contributed by atoms with van der Waals surface area (Å²) in [6.45, 7) is 4.35. The zero-order chi connectivity index (χ0) is 19.8. The number of aliphatic imine (C=N–C) groups is 1. The Bertz CT molecular complexity index is 778. The van der Waals surface area contributed by atoms with Crippen LogP contribution in [0.1, 0.15) is 12.0 Å². The number of nitrogens with zero attached hydrogens (tertiary/aromatic N) is 5. The molecule has 0 atom stereocenters. The van der Waals surface area contributed by atoms with Crippen LogP contribution >= 0.6 is 15.9 Å². The smallest absolute Gasteiger partial charge is 0.232 e. The lowest BCUT2D eigenvalue weighted by atomic mass is 10.1. The van der Waals surface area contributed by atoms with Gasteiger partial charge in [-0.1, -0.05) is 30.3 Å². The second kappa shape index (κ2) is 10.3. The number of rotatable bonds is 6. The number of nitrogens with one attached hydrogen (secondary N) is 1. The number of aromatic nitrogens is 2. The van der Waals surface area contributed by atoms with Crippen molar-refractivity contribution in [3.05, 3.63) is 46.6 Å². The van der Waals surface area contributed by atoms with E-state index in [1.165, 1.54) is 5.56 Å². The minimum atomic E-state index is 0.559. The number of piperazine rings is 1. The van der Waals surface area contributed by atoms with Gasteiger partial charge in [-0.05, 0) is 34.3 Å². The summed E-state index contributed by atoms with van der Waals surface area (Å²) in [7, 11) is 3.46. The first kappa shape index (κ1) is 20.4. The Kier molecular flexibility index (Phi) is 7.47. The van der Waals surface area contributed by atoms with Gasteiger partial charge in [-0.15, -0.1) is 0 Å². The maximum Gasteiger partial charge on any atom is 0.232 e. The van der Waals surface area contributed by atoms with Crippen molar-refractivity contribution in [3.63, 3.8) is 0 Å². The van der Waals surface area contributed by atoms with Gasteiger partial charge < -0.3 is 19.9 Å². The molecule has 7 nitrogen and oxygen atoms in total. The summed E-state index contributed by atoms with van der Waals surface area (Å²) in [6.07, 6.45) is 3.89. The standard InChI is InChI=1S/C20H27BrN6O/c1-22-19(23-10-6-9-16-7-4-3-5-8-16)26-11-13-27(14-12-26)20-24-15-17(21)18(25-20)28-2/h3-5,7-8,15H,6,9-14H2,1-2H3,(H,22,23). The van der Waals surface area contributed by atoms with Crippen molar-refractivity contribution in [2.75, 3.05) is 51.8 Å². The number of hydrogen-bond donors (Lipinski definition) is 1. The van der Waals surface area contributed by atoms with E-state index in [2.05, 4.69) is 76.3 Å².